The molecule has 0 rings (SSSR count). The summed E-state index contributed by atoms with van der Waals surface area (Å²) in [4.78, 5) is 24.1. The Hall–Kier alpha value is -1.36. The summed E-state index contributed by atoms with van der Waals surface area (Å²) in [5, 5.41) is 9.50. The largest absolute Gasteiger partial charge is 0.462 e. The third-order valence-electron chi connectivity index (χ3n) is 8.06. The van der Waals surface area contributed by atoms with Crippen LogP contribution in [0.5, 0.6) is 0 Å². The lowest BCUT2D eigenvalue weighted by atomic mass is 10.1. The highest BCUT2D eigenvalue weighted by molar-refractivity contribution is 5.70. The molecular weight excluding hydrogens is 524 g/mol. The van der Waals surface area contributed by atoms with Gasteiger partial charge in [-0.15, -0.1) is 0 Å². The predicted molar refractivity (Wildman–Crippen MR) is 178 cm³/mol. The molecule has 0 aromatic heterocycles. The molecule has 0 aliphatic heterocycles. The van der Waals surface area contributed by atoms with E-state index < -0.39 is 6.10 Å². The van der Waals surface area contributed by atoms with Crippen LogP contribution in [0.2, 0.25) is 0 Å². The lowest BCUT2D eigenvalue weighted by Gasteiger charge is -2.15. The molecule has 0 radical (unpaired) electrons. The highest BCUT2D eigenvalue weighted by atomic mass is 16.6. The van der Waals surface area contributed by atoms with Gasteiger partial charge >= 0.3 is 11.9 Å². The Balaban J connectivity index is 3.52. The molecule has 5 heteroatoms. The molecule has 0 fully saturated rings. The molecule has 0 spiro atoms. The van der Waals surface area contributed by atoms with Crippen molar-refractivity contribution in [3.8, 4) is 0 Å². The molecule has 5 nitrogen and oxygen atoms in total. The van der Waals surface area contributed by atoms with Gasteiger partial charge in [-0.1, -0.05) is 154 Å². The van der Waals surface area contributed by atoms with Crippen molar-refractivity contribution in [1.82, 2.24) is 0 Å². The van der Waals surface area contributed by atoms with Gasteiger partial charge in [-0.2, -0.15) is 0 Å². The summed E-state index contributed by atoms with van der Waals surface area (Å²) >= 11 is 0. The van der Waals surface area contributed by atoms with E-state index in [4.69, 9.17) is 9.47 Å². The van der Waals surface area contributed by atoms with Gasteiger partial charge in [-0.05, 0) is 38.5 Å². The van der Waals surface area contributed by atoms with E-state index in [1.54, 1.807) is 0 Å². The fourth-order valence-electron chi connectivity index (χ4n) is 5.25. The molecular formula is C37H70O5. The smallest absolute Gasteiger partial charge is 0.306 e. The van der Waals surface area contributed by atoms with Crippen molar-refractivity contribution in [3.05, 3.63) is 12.2 Å². The lowest BCUT2D eigenvalue weighted by Crippen LogP contribution is -2.28. The summed E-state index contributed by atoms with van der Waals surface area (Å²) < 4.78 is 10.5. The SMILES string of the molecule is CCCCCCCCCC/C=C\CCCCCCCCCC(=O)O[C@@H](CO)COC(=O)CCCCCCCCCCC. The van der Waals surface area contributed by atoms with Gasteiger partial charge in [-0.25, -0.2) is 0 Å². The Bertz CT molecular complexity index is 603. The average molecular weight is 595 g/mol. The molecule has 0 saturated carbocycles. The number of hydrogen-bond donors (Lipinski definition) is 1. The lowest BCUT2D eigenvalue weighted by molar-refractivity contribution is -0.161. The second-order valence-corrected chi connectivity index (χ2v) is 12.3. The van der Waals surface area contributed by atoms with E-state index in [1.165, 1.54) is 128 Å². The summed E-state index contributed by atoms with van der Waals surface area (Å²) in [5.41, 5.74) is 0. The zero-order chi connectivity index (χ0) is 30.8. The molecule has 0 saturated heterocycles. The van der Waals surface area contributed by atoms with Crippen molar-refractivity contribution in [2.45, 2.75) is 200 Å². The Kier molecular flexibility index (Phi) is 33.0. The number of allylic oxidation sites excluding steroid dienone is 2. The van der Waals surface area contributed by atoms with Gasteiger partial charge in [0, 0.05) is 12.8 Å². The fourth-order valence-corrected chi connectivity index (χ4v) is 5.25. The van der Waals surface area contributed by atoms with Crippen LogP contribution in [-0.4, -0.2) is 36.4 Å². The Labute approximate surface area is 261 Å². The van der Waals surface area contributed by atoms with Crippen LogP contribution in [-0.2, 0) is 19.1 Å². The first kappa shape index (κ1) is 40.6. The Morgan fingerprint density at radius 1 is 0.524 bits per heavy atom. The van der Waals surface area contributed by atoms with Crippen LogP contribution in [0.25, 0.3) is 0 Å². The van der Waals surface area contributed by atoms with Crippen LogP contribution < -0.4 is 0 Å². The zero-order valence-corrected chi connectivity index (χ0v) is 28.0. The van der Waals surface area contributed by atoms with Crippen LogP contribution in [0.4, 0.5) is 0 Å². The van der Waals surface area contributed by atoms with Crippen molar-refractivity contribution in [2.24, 2.45) is 0 Å². The number of aliphatic hydroxyl groups is 1. The van der Waals surface area contributed by atoms with Crippen LogP contribution in [0.3, 0.4) is 0 Å². The quantitative estimate of drug-likeness (QED) is 0.0465. The molecule has 42 heavy (non-hydrogen) atoms. The maximum absolute atomic E-state index is 12.1. The third-order valence-corrected chi connectivity index (χ3v) is 8.06. The monoisotopic (exact) mass is 595 g/mol. The highest BCUT2D eigenvalue weighted by Gasteiger charge is 2.16. The minimum absolute atomic E-state index is 0.0626. The molecule has 0 amide bonds. The van der Waals surface area contributed by atoms with Crippen molar-refractivity contribution < 1.29 is 24.2 Å². The number of ether oxygens (including phenoxy) is 2. The van der Waals surface area contributed by atoms with E-state index in [0.717, 1.165) is 38.5 Å². The number of rotatable bonds is 33. The van der Waals surface area contributed by atoms with Crippen LogP contribution in [0.15, 0.2) is 12.2 Å². The van der Waals surface area contributed by atoms with Gasteiger partial charge in [0.05, 0.1) is 6.61 Å². The van der Waals surface area contributed by atoms with Gasteiger partial charge in [-0.3, -0.25) is 9.59 Å². The fraction of sp³-hybridized carbons (Fsp3) is 0.892. The normalized spacial score (nSPS) is 12.2. The summed E-state index contributed by atoms with van der Waals surface area (Å²) in [7, 11) is 0. The number of carbonyl (C=O) groups excluding carboxylic acids is 2. The Morgan fingerprint density at radius 2 is 0.881 bits per heavy atom. The first-order chi connectivity index (χ1) is 20.6. The summed E-state index contributed by atoms with van der Waals surface area (Å²) in [6.45, 7) is 4.11. The first-order valence-electron chi connectivity index (χ1n) is 18.2. The maximum atomic E-state index is 12.1. The molecule has 1 N–H and O–H groups in total. The maximum Gasteiger partial charge on any atom is 0.306 e. The van der Waals surface area contributed by atoms with E-state index >= 15 is 0 Å². The van der Waals surface area contributed by atoms with Gasteiger partial charge in [0.25, 0.3) is 0 Å². The molecule has 248 valence electrons. The molecule has 0 heterocycles. The molecule has 0 aromatic carbocycles. The number of carbonyl (C=O) groups is 2. The third kappa shape index (κ3) is 31.6. The van der Waals surface area contributed by atoms with E-state index in [2.05, 4.69) is 26.0 Å². The van der Waals surface area contributed by atoms with Crippen LogP contribution in [0, 0.1) is 0 Å². The summed E-state index contributed by atoms with van der Waals surface area (Å²) in [5.74, 6) is -0.593. The van der Waals surface area contributed by atoms with E-state index in [9.17, 15) is 14.7 Å². The number of esters is 2. The number of unbranched alkanes of at least 4 members (excludes halogenated alkanes) is 23. The average Bonchev–Trinajstić information content (AvgIpc) is 2.99. The van der Waals surface area contributed by atoms with Crippen LogP contribution >= 0.6 is 0 Å². The van der Waals surface area contributed by atoms with E-state index in [1.807, 2.05) is 0 Å². The van der Waals surface area contributed by atoms with Gasteiger partial charge in [0.15, 0.2) is 6.10 Å². The van der Waals surface area contributed by atoms with E-state index in [0.29, 0.717) is 12.8 Å². The molecule has 1 atom stereocenters. The molecule has 0 aliphatic rings. The predicted octanol–water partition coefficient (Wildman–Crippen LogP) is 11.0. The van der Waals surface area contributed by atoms with Gasteiger partial charge in [0.1, 0.15) is 6.61 Å². The summed E-state index contributed by atoms with van der Waals surface area (Å²) in [6, 6.07) is 0. The van der Waals surface area contributed by atoms with E-state index in [-0.39, 0.29) is 25.2 Å². The molecule has 0 aromatic rings. The second-order valence-electron chi connectivity index (χ2n) is 12.3. The highest BCUT2D eigenvalue weighted by Crippen LogP contribution is 2.13. The zero-order valence-electron chi connectivity index (χ0n) is 28.0. The Morgan fingerprint density at radius 3 is 1.29 bits per heavy atom. The van der Waals surface area contributed by atoms with Crippen LogP contribution in [0.1, 0.15) is 194 Å². The molecule has 0 bridgehead atoms. The van der Waals surface area contributed by atoms with Crippen molar-refractivity contribution >= 4 is 11.9 Å². The molecule has 0 aliphatic carbocycles. The standard InChI is InChI=1S/C37H70O5/c1-3-5-7-9-11-13-14-15-16-17-18-19-20-21-22-24-26-28-30-32-37(40)42-35(33-38)34-41-36(39)31-29-27-25-23-12-10-8-6-4-2/h17-18,35,38H,3-16,19-34H2,1-2H3/b18-17-/t35-/m0/s1. The van der Waals surface area contributed by atoms with Crippen molar-refractivity contribution in [2.75, 3.05) is 13.2 Å². The number of aliphatic hydroxyl groups excluding tert-OH is 1. The topological polar surface area (TPSA) is 72.8 Å². The van der Waals surface area contributed by atoms with Gasteiger partial charge < -0.3 is 14.6 Å². The summed E-state index contributed by atoms with van der Waals surface area (Å²) in [6.07, 6.45) is 37.0. The minimum atomic E-state index is -0.765. The first-order valence-corrected chi connectivity index (χ1v) is 18.2. The van der Waals surface area contributed by atoms with Crippen molar-refractivity contribution in [1.29, 1.82) is 0 Å². The van der Waals surface area contributed by atoms with Crippen molar-refractivity contribution in [3.63, 3.8) is 0 Å². The van der Waals surface area contributed by atoms with Gasteiger partial charge in [0.2, 0.25) is 0 Å². The molecule has 0 unspecified atom stereocenters. The minimum Gasteiger partial charge on any atom is -0.462 e. The number of hydrogen-bond acceptors (Lipinski definition) is 5. The second kappa shape index (κ2) is 34.1.